The predicted octanol–water partition coefficient (Wildman–Crippen LogP) is 2.20. The average Bonchev–Trinajstić information content (AvgIpc) is 2.81. The van der Waals surface area contributed by atoms with Crippen molar-refractivity contribution in [2.75, 3.05) is 33.9 Å². The van der Waals surface area contributed by atoms with E-state index in [1.807, 2.05) is 60.7 Å². The van der Waals surface area contributed by atoms with Crippen LogP contribution in [0.15, 0.2) is 66.7 Å². The van der Waals surface area contributed by atoms with Gasteiger partial charge in [0.1, 0.15) is 18.0 Å². The van der Waals surface area contributed by atoms with Crippen molar-refractivity contribution in [1.82, 2.24) is 4.98 Å². The number of anilines is 4. The lowest BCUT2D eigenvalue weighted by Gasteiger charge is -2.30. The van der Waals surface area contributed by atoms with Crippen LogP contribution in [0.4, 0.5) is 32.6 Å². The highest BCUT2D eigenvalue weighted by molar-refractivity contribution is 5.94. The zero-order chi connectivity index (χ0) is 24.0. The summed E-state index contributed by atoms with van der Waals surface area (Å²) in [4.78, 5) is 29.3. The second-order valence-electron chi connectivity index (χ2n) is 7.18. The Balaban J connectivity index is 2.18. The number of nitrogens with two attached hydrogens (primary N) is 1. The van der Waals surface area contributed by atoms with Crippen LogP contribution in [0.3, 0.4) is 0 Å². The summed E-state index contributed by atoms with van der Waals surface area (Å²) in [6.45, 7) is 3.29. The molecule has 3 rings (SSSR count). The quantitative estimate of drug-likeness (QED) is 0.540. The molecule has 3 aromatic rings. The maximum Gasteiger partial charge on any atom is 0.161 e. The molecular weight excluding hydrogens is 422 g/mol. The lowest BCUT2D eigenvalue weighted by molar-refractivity contribution is -0.247. The van der Waals surface area contributed by atoms with Gasteiger partial charge in [0, 0.05) is 19.2 Å². The third-order valence-electron chi connectivity index (χ3n) is 5.20. The van der Waals surface area contributed by atoms with Gasteiger partial charge < -0.3 is 40.7 Å². The minimum Gasteiger partial charge on any atom is -0.530 e. The molecule has 0 atom stereocenters. The van der Waals surface area contributed by atoms with Gasteiger partial charge in [-0.3, -0.25) is 0 Å². The van der Waals surface area contributed by atoms with Crippen LogP contribution in [0.25, 0.3) is 0 Å². The van der Waals surface area contributed by atoms with Gasteiger partial charge in [0.2, 0.25) is 0 Å². The van der Waals surface area contributed by atoms with Crippen LogP contribution >= 0.6 is 0 Å². The smallest absolute Gasteiger partial charge is 0.161 e. The van der Waals surface area contributed by atoms with E-state index in [1.54, 1.807) is 13.8 Å². The Bertz CT molecular complexity index is 1070. The first-order valence-electron chi connectivity index (χ1n) is 10.5. The Labute approximate surface area is 192 Å². The fourth-order valence-corrected chi connectivity index (χ4v) is 3.55. The van der Waals surface area contributed by atoms with Gasteiger partial charge in [-0.05, 0) is 25.0 Å². The molecule has 0 saturated carbocycles. The molecule has 0 radical (unpaired) electrons. The van der Waals surface area contributed by atoms with E-state index in [2.05, 4.69) is 10.3 Å². The molecule has 9 nitrogen and oxygen atoms in total. The number of carbonyl (C=O) groups is 2. The van der Waals surface area contributed by atoms with E-state index in [-0.39, 0.29) is 36.5 Å². The first-order chi connectivity index (χ1) is 15.9. The number of hydrogen-bond donors (Lipinski definition) is 2. The molecule has 2 aromatic carbocycles. The molecule has 1 aromatic heterocycles. The Kier molecular flexibility index (Phi) is 7.34. The van der Waals surface area contributed by atoms with Crippen LogP contribution in [-0.2, 0) is 0 Å². The largest absolute Gasteiger partial charge is 0.530 e. The normalized spacial score (nSPS) is 10.6. The Morgan fingerprint density at radius 1 is 0.909 bits per heavy atom. The van der Waals surface area contributed by atoms with Crippen LogP contribution < -0.4 is 31.1 Å². The summed E-state index contributed by atoms with van der Waals surface area (Å²) < 4.78 is 0. The molecule has 0 bridgehead atoms. The minimum absolute atomic E-state index is 0.0104. The van der Waals surface area contributed by atoms with Crippen molar-refractivity contribution >= 4 is 35.2 Å². The summed E-state index contributed by atoms with van der Waals surface area (Å²) in [6, 6.07) is 20.3. The monoisotopic (exact) mass is 447 g/mol. The standard InChI is InChI=1S/C24H27N5O4/c1-3-28(23(30)31)19-15-18(20(25)22(27-19)29(4-2)24(32)33)26-21(16-11-7-5-8-12-16)17-13-9-6-10-14-17/h5-15,21H,3-4,25H2,1-2H3,(H,26,27)(H,30,31)(H,32,33)/p-2. The number of nitrogens with zero attached hydrogens (tertiary/aromatic N) is 3. The first kappa shape index (κ1) is 23.4. The summed E-state index contributed by atoms with van der Waals surface area (Å²) in [7, 11) is 0. The van der Waals surface area contributed by atoms with Gasteiger partial charge in [0.05, 0.1) is 17.4 Å². The second-order valence-corrected chi connectivity index (χ2v) is 7.18. The number of amides is 2. The highest BCUT2D eigenvalue weighted by Gasteiger charge is 2.22. The van der Waals surface area contributed by atoms with Crippen LogP contribution in [-0.4, -0.2) is 30.3 Å². The highest BCUT2D eigenvalue weighted by atomic mass is 16.4. The van der Waals surface area contributed by atoms with E-state index in [4.69, 9.17) is 5.73 Å². The van der Waals surface area contributed by atoms with Gasteiger partial charge in [-0.1, -0.05) is 60.7 Å². The Hall–Kier alpha value is -4.27. The topological polar surface area (TPSA) is 138 Å². The molecule has 2 amide bonds. The molecule has 0 saturated heterocycles. The summed E-state index contributed by atoms with van der Waals surface area (Å²) in [6.07, 6.45) is -2.97. The van der Waals surface area contributed by atoms with Crippen LogP contribution in [0.5, 0.6) is 0 Å². The van der Waals surface area contributed by atoms with E-state index in [0.29, 0.717) is 5.69 Å². The van der Waals surface area contributed by atoms with Crippen molar-refractivity contribution in [3.05, 3.63) is 77.9 Å². The van der Waals surface area contributed by atoms with E-state index in [0.717, 1.165) is 20.9 Å². The minimum atomic E-state index is -1.50. The SMILES string of the molecule is CCN(C(=O)[O-])c1cc(NC(c2ccccc2)c2ccccc2)c(N)c(N(CC)C(=O)[O-])n1. The molecule has 9 heteroatoms. The van der Waals surface area contributed by atoms with Gasteiger partial charge in [-0.15, -0.1) is 0 Å². The molecular formula is C24H25N5O4-2. The maximum absolute atomic E-state index is 11.7. The molecule has 1 heterocycles. The number of rotatable bonds is 8. The van der Waals surface area contributed by atoms with Crippen LogP contribution in [0.2, 0.25) is 0 Å². The van der Waals surface area contributed by atoms with Crippen molar-refractivity contribution in [1.29, 1.82) is 0 Å². The zero-order valence-electron chi connectivity index (χ0n) is 18.4. The van der Waals surface area contributed by atoms with E-state index >= 15 is 0 Å². The summed E-state index contributed by atoms with van der Waals surface area (Å²) >= 11 is 0. The van der Waals surface area contributed by atoms with Crippen molar-refractivity contribution < 1.29 is 19.8 Å². The zero-order valence-corrected chi connectivity index (χ0v) is 18.4. The van der Waals surface area contributed by atoms with Crippen molar-refractivity contribution in [3.63, 3.8) is 0 Å². The Morgan fingerprint density at radius 2 is 1.39 bits per heavy atom. The van der Waals surface area contributed by atoms with Crippen molar-refractivity contribution in [3.8, 4) is 0 Å². The highest BCUT2D eigenvalue weighted by Crippen LogP contribution is 2.36. The lowest BCUT2D eigenvalue weighted by Crippen LogP contribution is -2.44. The second kappa shape index (κ2) is 10.4. The van der Waals surface area contributed by atoms with Gasteiger partial charge in [0.25, 0.3) is 0 Å². The summed E-state index contributed by atoms with van der Waals surface area (Å²) in [5, 5.41) is 26.7. The van der Waals surface area contributed by atoms with Gasteiger partial charge >= 0.3 is 0 Å². The lowest BCUT2D eigenvalue weighted by atomic mass is 9.98. The third-order valence-corrected chi connectivity index (χ3v) is 5.20. The van der Waals surface area contributed by atoms with Gasteiger partial charge in [-0.2, -0.15) is 0 Å². The summed E-state index contributed by atoms with van der Waals surface area (Å²) in [5.74, 6) is -0.124. The van der Waals surface area contributed by atoms with Gasteiger partial charge in [-0.25, -0.2) is 4.98 Å². The number of carboxylic acid groups (broad SMARTS) is 2. The molecule has 0 fully saturated rings. The van der Waals surface area contributed by atoms with Gasteiger partial charge in [0.15, 0.2) is 5.82 Å². The maximum atomic E-state index is 11.7. The molecule has 3 N–H and O–H groups in total. The molecule has 172 valence electrons. The van der Waals surface area contributed by atoms with E-state index in [1.165, 1.54) is 6.07 Å². The molecule has 33 heavy (non-hydrogen) atoms. The molecule has 0 aliphatic carbocycles. The Morgan fingerprint density at radius 3 is 1.82 bits per heavy atom. The van der Waals surface area contributed by atoms with Crippen LogP contribution in [0, 0.1) is 0 Å². The number of hydrogen-bond acceptors (Lipinski definition) is 7. The number of aromatic nitrogens is 1. The predicted molar refractivity (Wildman–Crippen MR) is 124 cm³/mol. The molecule has 0 spiro atoms. The van der Waals surface area contributed by atoms with Crippen LogP contribution in [0.1, 0.15) is 31.0 Å². The summed E-state index contributed by atoms with van der Waals surface area (Å²) in [5.41, 5.74) is 8.59. The number of pyridine rings is 1. The number of nitrogens with one attached hydrogen (secondary N) is 1. The number of carbonyl (C=O) groups excluding carboxylic acids is 2. The van der Waals surface area contributed by atoms with Crippen molar-refractivity contribution in [2.45, 2.75) is 19.9 Å². The molecule has 0 unspecified atom stereocenters. The van der Waals surface area contributed by atoms with E-state index in [9.17, 15) is 19.8 Å². The van der Waals surface area contributed by atoms with E-state index < -0.39 is 12.2 Å². The fraction of sp³-hybridized carbons (Fsp3) is 0.208. The number of benzene rings is 2. The number of nitrogen functional groups attached to an aromatic ring is 1. The molecule has 0 aliphatic rings. The average molecular weight is 447 g/mol. The fourth-order valence-electron chi connectivity index (χ4n) is 3.55. The third kappa shape index (κ3) is 5.15. The first-order valence-corrected chi connectivity index (χ1v) is 10.5. The molecule has 0 aliphatic heterocycles. The van der Waals surface area contributed by atoms with Crippen molar-refractivity contribution in [2.24, 2.45) is 0 Å².